The fraction of sp³-hybridized carbons (Fsp3) is 0.600. The van der Waals surface area contributed by atoms with Gasteiger partial charge in [-0.2, -0.15) is 0 Å². The summed E-state index contributed by atoms with van der Waals surface area (Å²) in [6.45, 7) is 2.18. The summed E-state index contributed by atoms with van der Waals surface area (Å²) < 4.78 is 0. The van der Waals surface area contributed by atoms with E-state index >= 15 is 0 Å². The molecule has 0 unspecified atom stereocenters. The van der Waals surface area contributed by atoms with Crippen LogP contribution in [0.4, 0.5) is 5.82 Å². The van der Waals surface area contributed by atoms with Crippen LogP contribution in [0.15, 0.2) is 12.4 Å². The second-order valence-electron chi connectivity index (χ2n) is 3.56. The smallest absolute Gasteiger partial charge is 0.147 e. The molecule has 1 aromatic heterocycles. The Morgan fingerprint density at radius 2 is 1.81 bits per heavy atom. The quantitative estimate of drug-likeness (QED) is 0.856. The van der Waals surface area contributed by atoms with Crippen molar-refractivity contribution in [2.24, 2.45) is 0 Å². The Bertz CT molecular complexity index is 303. The number of hydrogen-bond acceptors (Lipinski definition) is 4. The molecule has 2 N–H and O–H groups in total. The van der Waals surface area contributed by atoms with Gasteiger partial charge >= 0.3 is 0 Å². The van der Waals surface area contributed by atoms with Gasteiger partial charge in [0.05, 0.1) is 5.69 Å². The molecule has 0 aromatic carbocycles. The fourth-order valence-electron chi connectivity index (χ4n) is 1.94. The zero-order valence-corrected chi connectivity index (χ0v) is 10.9. The van der Waals surface area contributed by atoms with Crippen LogP contribution in [-0.4, -0.2) is 30.1 Å². The molecule has 0 aliphatic carbocycles. The number of piperidine rings is 1. The zero-order chi connectivity index (χ0) is 9.80. The highest BCUT2D eigenvalue weighted by molar-refractivity contribution is 5.85. The molecule has 0 saturated carbocycles. The van der Waals surface area contributed by atoms with Gasteiger partial charge in [0.25, 0.3) is 0 Å². The van der Waals surface area contributed by atoms with Crippen LogP contribution >= 0.6 is 24.8 Å². The van der Waals surface area contributed by atoms with Gasteiger partial charge in [0.15, 0.2) is 0 Å². The summed E-state index contributed by atoms with van der Waals surface area (Å²) in [6, 6.07) is 0. The van der Waals surface area contributed by atoms with Crippen molar-refractivity contribution in [1.82, 2.24) is 15.3 Å². The van der Waals surface area contributed by atoms with Crippen molar-refractivity contribution in [2.75, 3.05) is 25.5 Å². The first kappa shape index (κ1) is 15.4. The largest absolute Gasteiger partial charge is 0.372 e. The molecule has 92 valence electrons. The molecular formula is C10H18Cl2N4. The number of nitrogens with one attached hydrogen (secondary N) is 2. The van der Waals surface area contributed by atoms with E-state index in [0.717, 1.165) is 37.4 Å². The number of halogens is 2. The molecule has 0 spiro atoms. The minimum Gasteiger partial charge on any atom is -0.372 e. The van der Waals surface area contributed by atoms with Crippen LogP contribution < -0.4 is 10.6 Å². The summed E-state index contributed by atoms with van der Waals surface area (Å²) in [5, 5.41) is 6.45. The molecule has 1 aliphatic rings. The standard InChI is InChI=1S/C10H16N4.2ClH/c1-11-10-9(13-6-7-14-10)8-2-4-12-5-3-8;;/h6-8,12H,2-5H2,1H3,(H,11,14);2*1H. The Hall–Kier alpha value is -0.580. The van der Waals surface area contributed by atoms with Crippen molar-refractivity contribution in [3.8, 4) is 0 Å². The Kier molecular flexibility index (Phi) is 7.38. The van der Waals surface area contributed by atoms with Gasteiger partial charge in [-0.05, 0) is 25.9 Å². The van der Waals surface area contributed by atoms with E-state index in [1.807, 2.05) is 7.05 Å². The molecule has 1 saturated heterocycles. The molecule has 0 atom stereocenters. The van der Waals surface area contributed by atoms with E-state index < -0.39 is 0 Å². The average Bonchev–Trinajstić information content (AvgIpc) is 2.30. The maximum atomic E-state index is 4.42. The normalized spacial score (nSPS) is 15.8. The summed E-state index contributed by atoms with van der Waals surface area (Å²) in [5.41, 5.74) is 1.12. The average molecular weight is 265 g/mol. The predicted octanol–water partition coefficient (Wildman–Crippen LogP) is 1.83. The molecule has 16 heavy (non-hydrogen) atoms. The van der Waals surface area contributed by atoms with Crippen LogP contribution in [0.25, 0.3) is 0 Å². The van der Waals surface area contributed by atoms with E-state index in [4.69, 9.17) is 0 Å². The van der Waals surface area contributed by atoms with Crippen LogP contribution in [0, 0.1) is 0 Å². The van der Waals surface area contributed by atoms with E-state index in [9.17, 15) is 0 Å². The molecule has 0 bridgehead atoms. The van der Waals surface area contributed by atoms with Crippen LogP contribution in [0.1, 0.15) is 24.5 Å². The topological polar surface area (TPSA) is 49.8 Å². The summed E-state index contributed by atoms with van der Waals surface area (Å²) in [7, 11) is 1.90. The maximum Gasteiger partial charge on any atom is 0.147 e. The van der Waals surface area contributed by atoms with Crippen LogP contribution in [0.5, 0.6) is 0 Å². The summed E-state index contributed by atoms with van der Waals surface area (Å²) in [4.78, 5) is 8.70. The highest BCUT2D eigenvalue weighted by Gasteiger charge is 2.19. The van der Waals surface area contributed by atoms with Gasteiger partial charge < -0.3 is 10.6 Å². The van der Waals surface area contributed by atoms with E-state index in [1.54, 1.807) is 12.4 Å². The van der Waals surface area contributed by atoms with Gasteiger partial charge in [0, 0.05) is 25.4 Å². The van der Waals surface area contributed by atoms with Gasteiger partial charge in [0.1, 0.15) is 5.82 Å². The van der Waals surface area contributed by atoms with Crippen LogP contribution in [-0.2, 0) is 0 Å². The van der Waals surface area contributed by atoms with Crippen molar-refractivity contribution < 1.29 is 0 Å². The third kappa shape index (κ3) is 3.47. The van der Waals surface area contributed by atoms with Crippen LogP contribution in [0.3, 0.4) is 0 Å². The summed E-state index contributed by atoms with van der Waals surface area (Å²) in [6.07, 6.45) is 5.83. The van der Waals surface area contributed by atoms with Gasteiger partial charge in [-0.3, -0.25) is 4.98 Å². The van der Waals surface area contributed by atoms with Crippen molar-refractivity contribution >= 4 is 30.6 Å². The van der Waals surface area contributed by atoms with Crippen molar-refractivity contribution in [1.29, 1.82) is 0 Å². The Morgan fingerprint density at radius 3 is 2.44 bits per heavy atom. The summed E-state index contributed by atoms with van der Waals surface area (Å²) >= 11 is 0. The zero-order valence-electron chi connectivity index (χ0n) is 9.27. The first-order chi connectivity index (χ1) is 6.92. The first-order valence-corrected chi connectivity index (χ1v) is 5.11. The highest BCUT2D eigenvalue weighted by atomic mass is 35.5. The third-order valence-corrected chi connectivity index (χ3v) is 2.69. The molecule has 1 aromatic rings. The number of nitrogens with zero attached hydrogens (tertiary/aromatic N) is 2. The third-order valence-electron chi connectivity index (χ3n) is 2.69. The predicted molar refractivity (Wildman–Crippen MR) is 70.9 cm³/mol. The number of rotatable bonds is 2. The molecule has 4 nitrogen and oxygen atoms in total. The van der Waals surface area contributed by atoms with Gasteiger partial charge in [0.2, 0.25) is 0 Å². The lowest BCUT2D eigenvalue weighted by Crippen LogP contribution is -2.27. The summed E-state index contributed by atoms with van der Waals surface area (Å²) in [5.74, 6) is 1.49. The molecule has 2 rings (SSSR count). The Balaban J connectivity index is 0.00000112. The second kappa shape index (κ2) is 7.65. The Morgan fingerprint density at radius 1 is 1.19 bits per heavy atom. The molecule has 2 heterocycles. The fourth-order valence-corrected chi connectivity index (χ4v) is 1.94. The number of aromatic nitrogens is 2. The molecule has 6 heteroatoms. The molecule has 0 radical (unpaired) electrons. The van der Waals surface area contributed by atoms with Crippen molar-refractivity contribution in [3.05, 3.63) is 18.1 Å². The highest BCUT2D eigenvalue weighted by Crippen LogP contribution is 2.27. The number of hydrogen-bond donors (Lipinski definition) is 2. The van der Waals surface area contributed by atoms with Crippen molar-refractivity contribution in [3.63, 3.8) is 0 Å². The van der Waals surface area contributed by atoms with Crippen molar-refractivity contribution in [2.45, 2.75) is 18.8 Å². The van der Waals surface area contributed by atoms with Gasteiger partial charge in [-0.25, -0.2) is 4.98 Å². The van der Waals surface area contributed by atoms with Crippen LogP contribution in [0.2, 0.25) is 0 Å². The molecule has 1 fully saturated rings. The molecular weight excluding hydrogens is 247 g/mol. The second-order valence-corrected chi connectivity index (χ2v) is 3.56. The minimum absolute atomic E-state index is 0. The SMILES string of the molecule is CNc1nccnc1C1CCNCC1.Cl.Cl. The lowest BCUT2D eigenvalue weighted by molar-refractivity contribution is 0.453. The van der Waals surface area contributed by atoms with E-state index in [0.29, 0.717) is 5.92 Å². The lowest BCUT2D eigenvalue weighted by atomic mass is 9.94. The number of anilines is 1. The monoisotopic (exact) mass is 264 g/mol. The first-order valence-electron chi connectivity index (χ1n) is 5.11. The maximum absolute atomic E-state index is 4.42. The van der Waals surface area contributed by atoms with Gasteiger partial charge in [-0.15, -0.1) is 24.8 Å². The van der Waals surface area contributed by atoms with E-state index in [2.05, 4.69) is 20.6 Å². The minimum atomic E-state index is 0. The van der Waals surface area contributed by atoms with E-state index in [1.165, 1.54) is 0 Å². The lowest BCUT2D eigenvalue weighted by Gasteiger charge is -2.23. The molecule has 0 amide bonds. The Labute approximate surface area is 108 Å². The van der Waals surface area contributed by atoms with E-state index in [-0.39, 0.29) is 24.8 Å². The van der Waals surface area contributed by atoms with Gasteiger partial charge in [-0.1, -0.05) is 0 Å². The molecule has 1 aliphatic heterocycles.